The van der Waals surface area contributed by atoms with Gasteiger partial charge in [0.2, 0.25) is 10.0 Å². The molecule has 2 N–H and O–H groups in total. The Bertz CT molecular complexity index is 1180. The molecule has 0 unspecified atom stereocenters. The molecule has 1 heterocycles. The van der Waals surface area contributed by atoms with Crippen LogP contribution in [0.25, 0.3) is 5.69 Å². The Labute approximate surface area is 176 Å². The summed E-state index contributed by atoms with van der Waals surface area (Å²) in [4.78, 5) is 12.7. The van der Waals surface area contributed by atoms with E-state index in [9.17, 15) is 13.2 Å². The summed E-state index contributed by atoms with van der Waals surface area (Å²) in [6.45, 7) is 1.74. The van der Waals surface area contributed by atoms with Gasteiger partial charge in [0.15, 0.2) is 5.69 Å². The molecule has 0 fully saturated rings. The summed E-state index contributed by atoms with van der Waals surface area (Å²) < 4.78 is 33.0. The molecular formula is C18H18BrN5O4S. The second-order valence-corrected chi connectivity index (χ2v) is 8.82. The molecular weight excluding hydrogens is 462 g/mol. The highest BCUT2D eigenvalue weighted by Crippen LogP contribution is 2.29. The van der Waals surface area contributed by atoms with Crippen LogP contribution >= 0.6 is 15.9 Å². The smallest absolute Gasteiger partial charge is 0.278 e. The van der Waals surface area contributed by atoms with E-state index in [1.807, 2.05) is 24.3 Å². The van der Waals surface area contributed by atoms with Crippen LogP contribution in [0.5, 0.6) is 5.75 Å². The molecule has 0 atom stereocenters. The Morgan fingerprint density at radius 3 is 2.62 bits per heavy atom. The van der Waals surface area contributed by atoms with Crippen molar-refractivity contribution >= 4 is 43.2 Å². The van der Waals surface area contributed by atoms with Gasteiger partial charge in [0.1, 0.15) is 5.75 Å². The predicted octanol–water partition coefficient (Wildman–Crippen LogP) is 2.97. The van der Waals surface area contributed by atoms with Crippen LogP contribution in [-0.2, 0) is 10.0 Å². The molecule has 1 amide bonds. The van der Waals surface area contributed by atoms with Gasteiger partial charge in [-0.3, -0.25) is 9.52 Å². The van der Waals surface area contributed by atoms with E-state index in [2.05, 4.69) is 36.3 Å². The van der Waals surface area contributed by atoms with Gasteiger partial charge in [-0.2, -0.15) is 0 Å². The third-order valence-electron chi connectivity index (χ3n) is 3.92. The van der Waals surface area contributed by atoms with Gasteiger partial charge in [0.25, 0.3) is 5.91 Å². The maximum absolute atomic E-state index is 12.7. The highest BCUT2D eigenvalue weighted by molar-refractivity contribution is 9.10. The third-order valence-corrected chi connectivity index (χ3v) is 5.00. The SMILES string of the molecule is COc1ccc(NC(=O)c2nnn(-c3cccc(Br)c3)c2C)cc1NS(C)(=O)=O. The number of carbonyl (C=O) groups is 1. The fourth-order valence-electron chi connectivity index (χ4n) is 2.65. The lowest BCUT2D eigenvalue weighted by atomic mass is 10.2. The lowest BCUT2D eigenvalue weighted by Crippen LogP contribution is -2.15. The molecule has 0 aliphatic heterocycles. The molecule has 0 bridgehead atoms. The maximum Gasteiger partial charge on any atom is 0.278 e. The summed E-state index contributed by atoms with van der Waals surface area (Å²) in [5, 5.41) is 10.7. The quantitative estimate of drug-likeness (QED) is 0.561. The number of nitrogens with one attached hydrogen (secondary N) is 2. The van der Waals surface area contributed by atoms with E-state index in [0.717, 1.165) is 16.4 Å². The minimum atomic E-state index is -3.52. The van der Waals surface area contributed by atoms with E-state index in [1.54, 1.807) is 23.7 Å². The largest absolute Gasteiger partial charge is 0.495 e. The van der Waals surface area contributed by atoms with Gasteiger partial charge < -0.3 is 10.1 Å². The van der Waals surface area contributed by atoms with Crippen molar-refractivity contribution < 1.29 is 17.9 Å². The molecule has 3 rings (SSSR count). The van der Waals surface area contributed by atoms with Crippen molar-refractivity contribution in [2.24, 2.45) is 0 Å². The first-order chi connectivity index (χ1) is 13.7. The Morgan fingerprint density at radius 2 is 1.97 bits per heavy atom. The average Bonchev–Trinajstić information content (AvgIpc) is 3.02. The zero-order chi connectivity index (χ0) is 21.2. The Kier molecular flexibility index (Phi) is 5.89. The Hall–Kier alpha value is -2.92. The topological polar surface area (TPSA) is 115 Å². The van der Waals surface area contributed by atoms with Crippen LogP contribution in [0.4, 0.5) is 11.4 Å². The highest BCUT2D eigenvalue weighted by Gasteiger charge is 2.18. The first-order valence-electron chi connectivity index (χ1n) is 8.33. The fraction of sp³-hybridized carbons (Fsp3) is 0.167. The van der Waals surface area contributed by atoms with Crippen LogP contribution in [0, 0.1) is 6.92 Å². The molecule has 0 radical (unpaired) electrons. The van der Waals surface area contributed by atoms with Crippen LogP contribution in [0.3, 0.4) is 0 Å². The summed E-state index contributed by atoms with van der Waals surface area (Å²) in [6.07, 6.45) is 1.03. The number of anilines is 2. The number of ether oxygens (including phenoxy) is 1. The second-order valence-electron chi connectivity index (χ2n) is 6.16. The summed E-state index contributed by atoms with van der Waals surface area (Å²) in [6, 6.07) is 12.1. The number of aromatic nitrogens is 3. The molecule has 1 aromatic heterocycles. The van der Waals surface area contributed by atoms with E-state index in [4.69, 9.17) is 4.74 Å². The number of benzene rings is 2. The number of methoxy groups -OCH3 is 1. The first-order valence-corrected chi connectivity index (χ1v) is 11.0. The Balaban J connectivity index is 1.87. The van der Waals surface area contributed by atoms with Crippen LogP contribution in [0.1, 0.15) is 16.2 Å². The molecule has 0 saturated heterocycles. The zero-order valence-electron chi connectivity index (χ0n) is 15.8. The molecule has 29 heavy (non-hydrogen) atoms. The number of amides is 1. The number of hydrogen-bond donors (Lipinski definition) is 2. The van der Waals surface area contributed by atoms with Crippen molar-refractivity contribution in [2.75, 3.05) is 23.4 Å². The summed E-state index contributed by atoms with van der Waals surface area (Å²) >= 11 is 3.40. The van der Waals surface area contributed by atoms with Gasteiger partial charge in [0.05, 0.1) is 30.4 Å². The lowest BCUT2D eigenvalue weighted by Gasteiger charge is -2.12. The molecule has 3 aromatic rings. The van der Waals surface area contributed by atoms with Gasteiger partial charge in [-0.1, -0.05) is 27.2 Å². The number of sulfonamides is 1. The van der Waals surface area contributed by atoms with E-state index in [-0.39, 0.29) is 11.4 Å². The van der Waals surface area contributed by atoms with Gasteiger partial charge in [-0.25, -0.2) is 13.1 Å². The van der Waals surface area contributed by atoms with Crippen LogP contribution in [-0.4, -0.2) is 42.7 Å². The number of carbonyl (C=O) groups excluding carboxylic acids is 1. The maximum atomic E-state index is 12.7. The molecule has 0 spiro atoms. The van der Waals surface area contributed by atoms with E-state index in [1.165, 1.54) is 13.2 Å². The summed E-state index contributed by atoms with van der Waals surface area (Å²) in [5.41, 5.74) is 2.05. The molecule has 0 aliphatic rings. The minimum Gasteiger partial charge on any atom is -0.495 e. The monoisotopic (exact) mass is 479 g/mol. The summed E-state index contributed by atoms with van der Waals surface area (Å²) in [5.74, 6) is -0.149. The second kappa shape index (κ2) is 8.21. The van der Waals surface area contributed by atoms with Crippen molar-refractivity contribution in [3.63, 3.8) is 0 Å². The standard InChI is InChI=1S/C18H18BrN5O4S/c1-11-17(21-23-24(11)14-6-4-5-12(19)9-14)18(25)20-13-7-8-16(28-2)15(10-13)22-29(3,26)27/h4-10,22H,1-3H3,(H,20,25). The van der Waals surface area contributed by atoms with Crippen molar-refractivity contribution in [2.45, 2.75) is 6.92 Å². The van der Waals surface area contributed by atoms with Crippen LogP contribution in [0.2, 0.25) is 0 Å². The van der Waals surface area contributed by atoms with Gasteiger partial charge >= 0.3 is 0 Å². The number of hydrogen-bond acceptors (Lipinski definition) is 6. The first kappa shape index (κ1) is 20.8. The lowest BCUT2D eigenvalue weighted by molar-refractivity contribution is 0.102. The molecule has 9 nitrogen and oxygen atoms in total. The van der Waals surface area contributed by atoms with E-state index < -0.39 is 15.9 Å². The van der Waals surface area contributed by atoms with Crippen molar-refractivity contribution in [1.82, 2.24) is 15.0 Å². The zero-order valence-corrected chi connectivity index (χ0v) is 18.2. The Morgan fingerprint density at radius 1 is 1.21 bits per heavy atom. The predicted molar refractivity (Wildman–Crippen MR) is 113 cm³/mol. The minimum absolute atomic E-state index is 0.151. The third kappa shape index (κ3) is 4.93. The number of nitrogens with zero attached hydrogens (tertiary/aromatic N) is 3. The molecule has 2 aromatic carbocycles. The van der Waals surface area contributed by atoms with Gasteiger partial charge in [0, 0.05) is 10.2 Å². The van der Waals surface area contributed by atoms with E-state index in [0.29, 0.717) is 17.1 Å². The molecule has 0 aliphatic carbocycles. The van der Waals surface area contributed by atoms with Crippen molar-refractivity contribution in [1.29, 1.82) is 0 Å². The normalized spacial score (nSPS) is 11.2. The number of halogens is 1. The summed E-state index contributed by atoms with van der Waals surface area (Å²) in [7, 11) is -2.10. The van der Waals surface area contributed by atoms with Crippen molar-refractivity contribution in [3.8, 4) is 11.4 Å². The van der Waals surface area contributed by atoms with Crippen molar-refractivity contribution in [3.05, 3.63) is 58.3 Å². The molecule has 11 heteroatoms. The molecule has 0 saturated carbocycles. The van der Waals surface area contributed by atoms with Crippen LogP contribution in [0.15, 0.2) is 46.9 Å². The highest BCUT2D eigenvalue weighted by atomic mass is 79.9. The van der Waals surface area contributed by atoms with Gasteiger partial charge in [-0.05, 0) is 43.3 Å². The molecule has 152 valence electrons. The van der Waals surface area contributed by atoms with Crippen LogP contribution < -0.4 is 14.8 Å². The number of rotatable bonds is 6. The fourth-order valence-corrected chi connectivity index (χ4v) is 3.59. The average molecular weight is 480 g/mol. The van der Waals surface area contributed by atoms with E-state index >= 15 is 0 Å². The van der Waals surface area contributed by atoms with Gasteiger partial charge in [-0.15, -0.1) is 5.10 Å².